The molecule has 1 aromatic carbocycles. The summed E-state index contributed by atoms with van der Waals surface area (Å²) in [4.78, 5) is 11.4. The average Bonchev–Trinajstić information content (AvgIpc) is 2.40. The molecule has 0 bridgehead atoms. The second-order valence-corrected chi connectivity index (χ2v) is 4.59. The van der Waals surface area contributed by atoms with Gasteiger partial charge in [0.05, 0.1) is 12.7 Å². The molecule has 0 heterocycles. The Balaban J connectivity index is 2.65. The molecule has 0 aliphatic carbocycles. The molecule has 0 fully saturated rings. The van der Waals surface area contributed by atoms with Crippen LogP contribution in [0.4, 0.5) is 0 Å². The van der Waals surface area contributed by atoms with Gasteiger partial charge in [-0.3, -0.25) is 4.79 Å². The molecule has 3 nitrogen and oxygen atoms in total. The first-order valence-corrected chi connectivity index (χ1v) is 6.82. The highest BCUT2D eigenvalue weighted by molar-refractivity contribution is 5.94. The number of ether oxygens (including phenoxy) is 1. The molecule has 19 heavy (non-hydrogen) atoms. The third-order valence-electron chi connectivity index (χ3n) is 2.93. The molecule has 0 unspecified atom stereocenters. The van der Waals surface area contributed by atoms with Gasteiger partial charge in [0.15, 0.2) is 5.78 Å². The first-order valence-electron chi connectivity index (χ1n) is 6.82. The Kier molecular flexibility index (Phi) is 6.67. The van der Waals surface area contributed by atoms with E-state index in [1.165, 1.54) is 0 Å². The molecule has 102 valence electrons. The second kappa shape index (κ2) is 8.31. The van der Waals surface area contributed by atoms with E-state index in [9.17, 15) is 4.79 Å². The Morgan fingerprint density at radius 1 is 1.37 bits per heavy atom. The summed E-state index contributed by atoms with van der Waals surface area (Å²) in [6.07, 6.45) is 4.26. The fourth-order valence-corrected chi connectivity index (χ4v) is 1.89. The molecular formula is C16H21NO2. The standard InChI is InChI=1S/C16H21NO2/c1-3-7-15-12-14(13(2)18)8-9-16(15)19-11-6-4-5-10-17/h8-9,12H,3-7,11H2,1-2H3. The summed E-state index contributed by atoms with van der Waals surface area (Å²) in [6.45, 7) is 4.31. The molecule has 0 aromatic heterocycles. The van der Waals surface area contributed by atoms with Gasteiger partial charge in [0.1, 0.15) is 5.75 Å². The summed E-state index contributed by atoms with van der Waals surface area (Å²) >= 11 is 0. The first-order chi connectivity index (χ1) is 9.19. The summed E-state index contributed by atoms with van der Waals surface area (Å²) in [7, 11) is 0. The average molecular weight is 259 g/mol. The van der Waals surface area contributed by atoms with E-state index in [1.807, 2.05) is 18.2 Å². The number of benzene rings is 1. The van der Waals surface area contributed by atoms with Crippen LogP contribution in [0, 0.1) is 11.3 Å². The van der Waals surface area contributed by atoms with Crippen LogP contribution in [0.15, 0.2) is 18.2 Å². The van der Waals surface area contributed by atoms with Crippen LogP contribution in [0.25, 0.3) is 0 Å². The quantitative estimate of drug-likeness (QED) is 0.525. The molecule has 0 amide bonds. The van der Waals surface area contributed by atoms with Gasteiger partial charge in [0.25, 0.3) is 0 Å². The topological polar surface area (TPSA) is 50.1 Å². The highest BCUT2D eigenvalue weighted by Gasteiger charge is 2.07. The van der Waals surface area contributed by atoms with Gasteiger partial charge in [0, 0.05) is 12.0 Å². The number of carbonyl (C=O) groups excluding carboxylic acids is 1. The number of nitriles is 1. The molecule has 0 aliphatic heterocycles. The Hall–Kier alpha value is -1.82. The van der Waals surface area contributed by atoms with Crippen molar-refractivity contribution in [2.45, 2.75) is 46.0 Å². The molecule has 0 N–H and O–H groups in total. The lowest BCUT2D eigenvalue weighted by molar-refractivity contribution is 0.101. The number of aryl methyl sites for hydroxylation is 1. The molecule has 0 spiro atoms. The maximum atomic E-state index is 11.4. The number of nitrogens with zero attached hydrogens (tertiary/aromatic N) is 1. The van der Waals surface area contributed by atoms with E-state index in [2.05, 4.69) is 13.0 Å². The SMILES string of the molecule is CCCc1cc(C(C)=O)ccc1OCCCCC#N. The van der Waals surface area contributed by atoms with Crippen molar-refractivity contribution in [2.75, 3.05) is 6.61 Å². The van der Waals surface area contributed by atoms with Gasteiger partial charge in [-0.1, -0.05) is 13.3 Å². The van der Waals surface area contributed by atoms with E-state index < -0.39 is 0 Å². The van der Waals surface area contributed by atoms with Gasteiger partial charge < -0.3 is 4.74 Å². The highest BCUT2D eigenvalue weighted by atomic mass is 16.5. The molecule has 1 rings (SSSR count). The van der Waals surface area contributed by atoms with Crippen molar-refractivity contribution < 1.29 is 9.53 Å². The lowest BCUT2D eigenvalue weighted by Crippen LogP contribution is -2.02. The first kappa shape index (κ1) is 15.2. The number of unbranched alkanes of at least 4 members (excludes halogenated alkanes) is 2. The lowest BCUT2D eigenvalue weighted by atomic mass is 10.0. The number of ketones is 1. The Morgan fingerprint density at radius 3 is 2.79 bits per heavy atom. The van der Waals surface area contributed by atoms with Gasteiger partial charge >= 0.3 is 0 Å². The third kappa shape index (κ3) is 5.13. The molecule has 0 aliphatic rings. The molecule has 3 heteroatoms. The number of hydrogen-bond acceptors (Lipinski definition) is 3. The van der Waals surface area contributed by atoms with Gasteiger partial charge in [-0.25, -0.2) is 0 Å². The van der Waals surface area contributed by atoms with Gasteiger partial charge in [0.2, 0.25) is 0 Å². The fourth-order valence-electron chi connectivity index (χ4n) is 1.89. The molecule has 0 atom stereocenters. The number of rotatable bonds is 8. The van der Waals surface area contributed by atoms with Crippen LogP contribution in [0.5, 0.6) is 5.75 Å². The summed E-state index contributed by atoms with van der Waals surface area (Å²) in [5.41, 5.74) is 1.83. The van der Waals surface area contributed by atoms with Crippen molar-refractivity contribution in [1.29, 1.82) is 5.26 Å². The van der Waals surface area contributed by atoms with Crippen molar-refractivity contribution in [3.05, 3.63) is 29.3 Å². The third-order valence-corrected chi connectivity index (χ3v) is 2.93. The van der Waals surface area contributed by atoms with E-state index >= 15 is 0 Å². The summed E-state index contributed by atoms with van der Waals surface area (Å²) in [5, 5.41) is 8.46. The van der Waals surface area contributed by atoms with E-state index in [4.69, 9.17) is 10.00 Å². The number of carbonyl (C=O) groups is 1. The smallest absolute Gasteiger partial charge is 0.159 e. The zero-order valence-corrected chi connectivity index (χ0v) is 11.7. The van der Waals surface area contributed by atoms with E-state index in [0.29, 0.717) is 13.0 Å². The van der Waals surface area contributed by atoms with Crippen LogP contribution in [0.3, 0.4) is 0 Å². The van der Waals surface area contributed by atoms with Crippen LogP contribution in [0.2, 0.25) is 0 Å². The Morgan fingerprint density at radius 2 is 2.16 bits per heavy atom. The lowest BCUT2D eigenvalue weighted by Gasteiger charge is -2.12. The van der Waals surface area contributed by atoms with Gasteiger partial charge in [-0.15, -0.1) is 0 Å². The fraction of sp³-hybridized carbons (Fsp3) is 0.500. The van der Waals surface area contributed by atoms with E-state index in [0.717, 1.165) is 42.6 Å². The second-order valence-electron chi connectivity index (χ2n) is 4.59. The van der Waals surface area contributed by atoms with Crippen LogP contribution < -0.4 is 4.74 Å². The highest BCUT2D eigenvalue weighted by Crippen LogP contribution is 2.22. The summed E-state index contributed by atoms with van der Waals surface area (Å²) in [6, 6.07) is 7.74. The van der Waals surface area contributed by atoms with Crippen molar-refractivity contribution in [3.8, 4) is 11.8 Å². The maximum Gasteiger partial charge on any atom is 0.159 e. The van der Waals surface area contributed by atoms with Gasteiger partial charge in [-0.05, 0) is 49.9 Å². The van der Waals surface area contributed by atoms with Crippen LogP contribution in [-0.2, 0) is 6.42 Å². The van der Waals surface area contributed by atoms with Gasteiger partial charge in [-0.2, -0.15) is 5.26 Å². The van der Waals surface area contributed by atoms with E-state index in [-0.39, 0.29) is 5.78 Å². The minimum atomic E-state index is 0.0814. The van der Waals surface area contributed by atoms with Crippen molar-refractivity contribution >= 4 is 5.78 Å². The minimum Gasteiger partial charge on any atom is -0.493 e. The monoisotopic (exact) mass is 259 g/mol. The largest absolute Gasteiger partial charge is 0.493 e. The summed E-state index contributed by atoms with van der Waals surface area (Å²) < 4.78 is 5.75. The Bertz CT molecular complexity index is 460. The van der Waals surface area contributed by atoms with Crippen molar-refractivity contribution in [3.63, 3.8) is 0 Å². The number of hydrogen-bond donors (Lipinski definition) is 0. The molecule has 0 radical (unpaired) electrons. The molecule has 1 aromatic rings. The zero-order chi connectivity index (χ0) is 14.1. The predicted octanol–water partition coefficient (Wildman–Crippen LogP) is 3.91. The van der Waals surface area contributed by atoms with Crippen LogP contribution >= 0.6 is 0 Å². The van der Waals surface area contributed by atoms with Crippen LogP contribution in [-0.4, -0.2) is 12.4 Å². The number of Topliss-reactive ketones (excluding diaryl/α,β-unsaturated/α-hetero) is 1. The zero-order valence-electron chi connectivity index (χ0n) is 11.7. The Labute approximate surface area is 115 Å². The normalized spacial score (nSPS) is 9.95. The summed E-state index contributed by atoms with van der Waals surface area (Å²) in [5.74, 6) is 0.946. The van der Waals surface area contributed by atoms with E-state index in [1.54, 1.807) is 6.92 Å². The van der Waals surface area contributed by atoms with Crippen molar-refractivity contribution in [1.82, 2.24) is 0 Å². The van der Waals surface area contributed by atoms with Crippen LogP contribution in [0.1, 0.15) is 55.5 Å². The molecule has 0 saturated carbocycles. The molecular weight excluding hydrogens is 238 g/mol. The molecule has 0 saturated heterocycles. The minimum absolute atomic E-state index is 0.0814. The maximum absolute atomic E-state index is 11.4. The predicted molar refractivity (Wildman–Crippen MR) is 75.4 cm³/mol. The van der Waals surface area contributed by atoms with Crippen molar-refractivity contribution in [2.24, 2.45) is 0 Å².